The van der Waals surface area contributed by atoms with E-state index in [1.165, 1.54) is 0 Å². The molecule has 3 heterocycles. The molecule has 0 N–H and O–H groups in total. The highest BCUT2D eigenvalue weighted by Crippen LogP contribution is 2.57. The van der Waals surface area contributed by atoms with E-state index in [9.17, 15) is 14.4 Å². The lowest BCUT2D eigenvalue weighted by Crippen LogP contribution is -2.55. The van der Waals surface area contributed by atoms with Crippen LogP contribution in [0.4, 0.5) is 10.7 Å². The van der Waals surface area contributed by atoms with Crippen LogP contribution < -0.4 is 4.90 Å². The monoisotopic (exact) mass is 514 g/mol. The maximum Gasteiger partial charge on any atom is 0.410 e. The first kappa shape index (κ1) is 26.0. The van der Waals surface area contributed by atoms with Gasteiger partial charge in [0, 0.05) is 38.8 Å². The zero-order chi connectivity index (χ0) is 26.3. The Morgan fingerprint density at radius 2 is 1.78 bits per heavy atom. The number of Topliss-reactive ketones (excluding diaryl/α,β-unsaturated/α-hetero) is 2. The van der Waals surface area contributed by atoms with Crippen molar-refractivity contribution >= 4 is 23.6 Å². The number of carbonyl (C=O) groups excluding carboxylic acids is 3. The van der Waals surface area contributed by atoms with Crippen LogP contribution in [0.5, 0.6) is 0 Å². The number of nitrogens with zero attached hydrogens (tertiary/aromatic N) is 4. The summed E-state index contributed by atoms with van der Waals surface area (Å²) in [6.07, 6.45) is 6.37. The highest BCUT2D eigenvalue weighted by Gasteiger charge is 2.65. The Hall–Kier alpha value is -2.59. The molecule has 4 fully saturated rings. The maximum absolute atomic E-state index is 13.8. The Morgan fingerprint density at radius 3 is 2.54 bits per heavy atom. The summed E-state index contributed by atoms with van der Waals surface area (Å²) in [6, 6.07) is 1.59. The van der Waals surface area contributed by atoms with E-state index in [0.29, 0.717) is 71.0 Å². The van der Waals surface area contributed by atoms with Gasteiger partial charge in [-0.15, -0.1) is 0 Å². The number of hydrogen-bond donors (Lipinski definition) is 0. The van der Waals surface area contributed by atoms with Gasteiger partial charge >= 0.3 is 6.09 Å². The van der Waals surface area contributed by atoms with Crippen LogP contribution in [0.1, 0.15) is 76.2 Å². The van der Waals surface area contributed by atoms with Crippen LogP contribution in [0.2, 0.25) is 0 Å². The third-order valence-electron chi connectivity index (χ3n) is 8.13. The molecule has 5 rings (SSSR count). The van der Waals surface area contributed by atoms with E-state index in [4.69, 9.17) is 14.2 Å². The molecule has 2 aliphatic carbocycles. The van der Waals surface area contributed by atoms with Crippen molar-refractivity contribution in [1.29, 1.82) is 0 Å². The van der Waals surface area contributed by atoms with E-state index in [1.807, 2.05) is 25.7 Å². The summed E-state index contributed by atoms with van der Waals surface area (Å²) < 4.78 is 17.6. The fourth-order valence-electron chi connectivity index (χ4n) is 6.39. The Bertz CT molecular complexity index is 1050. The average Bonchev–Trinajstić information content (AvgIpc) is 3.36. The molecule has 10 heteroatoms. The van der Waals surface area contributed by atoms with Crippen molar-refractivity contribution in [3.05, 3.63) is 18.0 Å². The van der Waals surface area contributed by atoms with Gasteiger partial charge < -0.3 is 24.0 Å². The van der Waals surface area contributed by atoms with Gasteiger partial charge in [-0.05, 0) is 58.9 Å². The van der Waals surface area contributed by atoms with Crippen molar-refractivity contribution in [1.82, 2.24) is 14.9 Å². The predicted molar refractivity (Wildman–Crippen MR) is 134 cm³/mol. The number of ether oxygens (including phenoxy) is 3. The minimum Gasteiger partial charge on any atom is -0.444 e. The Morgan fingerprint density at radius 1 is 1.03 bits per heavy atom. The second-order valence-corrected chi connectivity index (χ2v) is 11.6. The maximum atomic E-state index is 13.8. The Balaban J connectivity index is 1.28. The fraction of sp³-hybridized carbons (Fsp3) is 0.741. The van der Waals surface area contributed by atoms with Crippen molar-refractivity contribution in [2.45, 2.75) is 77.1 Å². The first-order valence-electron chi connectivity index (χ1n) is 13.6. The van der Waals surface area contributed by atoms with Crippen LogP contribution in [-0.2, 0) is 19.0 Å². The van der Waals surface area contributed by atoms with E-state index in [2.05, 4.69) is 9.97 Å². The summed E-state index contributed by atoms with van der Waals surface area (Å²) in [7, 11) is 0. The topological polar surface area (TPSA) is 111 Å². The molecule has 2 spiro atoms. The summed E-state index contributed by atoms with van der Waals surface area (Å²) in [4.78, 5) is 52.6. The number of hydrogen-bond acceptors (Lipinski definition) is 9. The lowest BCUT2D eigenvalue weighted by Gasteiger charge is -2.46. The smallest absolute Gasteiger partial charge is 0.410 e. The van der Waals surface area contributed by atoms with Crippen molar-refractivity contribution in [2.75, 3.05) is 44.3 Å². The summed E-state index contributed by atoms with van der Waals surface area (Å²) in [5, 5.41) is 0. The first-order chi connectivity index (χ1) is 17.6. The zero-order valence-electron chi connectivity index (χ0n) is 22.2. The van der Waals surface area contributed by atoms with E-state index in [0.717, 1.165) is 19.3 Å². The largest absolute Gasteiger partial charge is 0.444 e. The average molecular weight is 515 g/mol. The number of amides is 1. The van der Waals surface area contributed by atoms with Crippen LogP contribution >= 0.6 is 0 Å². The predicted octanol–water partition coefficient (Wildman–Crippen LogP) is 3.39. The first-order valence-corrected chi connectivity index (χ1v) is 13.6. The molecule has 1 aromatic rings. The molecule has 0 radical (unpaired) electrons. The van der Waals surface area contributed by atoms with Crippen molar-refractivity contribution in [3.63, 3.8) is 0 Å². The molecule has 2 unspecified atom stereocenters. The number of carbonyl (C=O) groups is 3. The number of ketones is 2. The van der Waals surface area contributed by atoms with Crippen LogP contribution in [-0.4, -0.2) is 83.3 Å². The number of rotatable bonds is 3. The van der Waals surface area contributed by atoms with Gasteiger partial charge in [-0.2, -0.15) is 0 Å². The highest BCUT2D eigenvalue weighted by atomic mass is 16.7. The molecular formula is C27H38N4O6. The Kier molecular flexibility index (Phi) is 7.00. The van der Waals surface area contributed by atoms with E-state index in [-0.39, 0.29) is 23.4 Å². The lowest BCUT2D eigenvalue weighted by molar-refractivity contribution is -0.246. The number of anilines is 1. The second-order valence-electron chi connectivity index (χ2n) is 11.6. The van der Waals surface area contributed by atoms with Gasteiger partial charge in [0.1, 0.15) is 11.3 Å². The fourth-order valence-corrected chi connectivity index (χ4v) is 6.39. The second kappa shape index (κ2) is 9.94. The third kappa shape index (κ3) is 4.85. The molecular weight excluding hydrogens is 476 g/mol. The standard InChI is InChI=1S/C27H38N4O6/c1-25(2,3)37-24(34)31-14-6-13-30(15-16-31)23-28-12-8-20(29-23)21(32)19-7-11-26(22(19)33)9-4-5-10-27(26)35-17-18-36-27/h8,12,19H,4-7,9-11,13-18H2,1-3H3. The van der Waals surface area contributed by atoms with Gasteiger partial charge in [-0.25, -0.2) is 14.8 Å². The van der Waals surface area contributed by atoms with Gasteiger partial charge in [0.25, 0.3) is 0 Å². The van der Waals surface area contributed by atoms with Crippen molar-refractivity contribution < 1.29 is 28.6 Å². The van der Waals surface area contributed by atoms with Crippen LogP contribution in [0.3, 0.4) is 0 Å². The normalized spacial score (nSPS) is 28.1. The Labute approximate surface area is 218 Å². The third-order valence-corrected chi connectivity index (χ3v) is 8.13. The number of aromatic nitrogens is 2. The highest BCUT2D eigenvalue weighted by molar-refractivity contribution is 6.13. The molecule has 2 atom stereocenters. The zero-order valence-corrected chi connectivity index (χ0v) is 22.2. The molecule has 2 saturated carbocycles. The molecule has 0 aromatic carbocycles. The molecule has 4 aliphatic rings. The summed E-state index contributed by atoms with van der Waals surface area (Å²) in [5.74, 6) is -1.48. The summed E-state index contributed by atoms with van der Waals surface area (Å²) in [5.41, 5.74) is -1.04. The van der Waals surface area contributed by atoms with Crippen molar-refractivity contribution in [3.8, 4) is 0 Å². The van der Waals surface area contributed by atoms with Gasteiger partial charge in [0.2, 0.25) is 5.95 Å². The van der Waals surface area contributed by atoms with Gasteiger partial charge in [-0.1, -0.05) is 6.42 Å². The molecule has 202 valence electrons. The quantitative estimate of drug-likeness (QED) is 0.443. The van der Waals surface area contributed by atoms with Crippen molar-refractivity contribution in [2.24, 2.45) is 11.3 Å². The summed E-state index contributed by atoms with van der Waals surface area (Å²) in [6.45, 7) is 8.77. The van der Waals surface area contributed by atoms with Gasteiger partial charge in [0.15, 0.2) is 17.4 Å². The molecule has 1 aromatic heterocycles. The molecule has 37 heavy (non-hydrogen) atoms. The minimum atomic E-state index is -0.875. The minimum absolute atomic E-state index is 0.0537. The molecule has 10 nitrogen and oxygen atoms in total. The number of fused-ring (bicyclic) bond motifs is 1. The molecule has 2 saturated heterocycles. The molecule has 1 amide bonds. The molecule has 2 aliphatic heterocycles. The lowest BCUT2D eigenvalue weighted by atomic mass is 9.66. The summed E-state index contributed by atoms with van der Waals surface area (Å²) >= 11 is 0. The SMILES string of the molecule is CC(C)(C)OC(=O)N1CCCN(c2nccc(C(=O)C3CCC4(CCCCC45OCCO5)C3=O)n2)CC1. The van der Waals surface area contributed by atoms with E-state index in [1.54, 1.807) is 17.2 Å². The van der Waals surface area contributed by atoms with Crippen LogP contribution in [0.25, 0.3) is 0 Å². The van der Waals surface area contributed by atoms with Crippen LogP contribution in [0.15, 0.2) is 12.3 Å². The van der Waals surface area contributed by atoms with E-state index < -0.39 is 22.7 Å². The van der Waals surface area contributed by atoms with Gasteiger partial charge in [0.05, 0.1) is 24.5 Å². The van der Waals surface area contributed by atoms with Gasteiger partial charge in [-0.3, -0.25) is 9.59 Å². The van der Waals surface area contributed by atoms with Crippen LogP contribution in [0, 0.1) is 11.3 Å². The molecule has 0 bridgehead atoms. The van der Waals surface area contributed by atoms with E-state index >= 15 is 0 Å².